The Bertz CT molecular complexity index is 1150. The molecule has 0 saturated carbocycles. The van der Waals surface area contributed by atoms with E-state index in [-0.39, 0.29) is 12.5 Å². The highest BCUT2D eigenvalue weighted by Gasteiger charge is 2.15. The van der Waals surface area contributed by atoms with Gasteiger partial charge < -0.3 is 14.4 Å². The van der Waals surface area contributed by atoms with Crippen LogP contribution in [0.25, 0.3) is 23.0 Å². The molecule has 0 aliphatic heterocycles. The van der Waals surface area contributed by atoms with Gasteiger partial charge >= 0.3 is 0 Å². The fraction of sp³-hybridized carbons (Fsp3) is 0.0952. The lowest BCUT2D eigenvalue weighted by Crippen LogP contribution is -2.27. The smallest absolute Gasteiger partial charge is 0.274 e. The second-order valence-corrected chi connectivity index (χ2v) is 7.71. The quantitative estimate of drug-likeness (QED) is 0.432. The molecule has 0 bridgehead atoms. The number of nitrogens with one attached hydrogen (secondary N) is 1. The van der Waals surface area contributed by atoms with Gasteiger partial charge in [-0.1, -0.05) is 57.0 Å². The predicted molar refractivity (Wildman–Crippen MR) is 114 cm³/mol. The largest absolute Gasteiger partial charge is 0.350 e. The van der Waals surface area contributed by atoms with E-state index in [1.807, 2.05) is 48.5 Å². The number of carbonyl (C=O) groups excluding carboxylic acids is 1. The van der Waals surface area contributed by atoms with E-state index in [2.05, 4.69) is 31.4 Å². The van der Waals surface area contributed by atoms with Crippen molar-refractivity contribution in [2.75, 3.05) is 0 Å². The zero-order valence-electron chi connectivity index (χ0n) is 15.2. The SMILES string of the molecule is O=C(Cn1cccc1-c1nc(-c2cccc(Cl)c2)no1)NCc1cccc(Br)c1. The number of aromatic nitrogens is 3. The molecule has 8 heteroatoms. The van der Waals surface area contributed by atoms with Gasteiger partial charge in [0.25, 0.3) is 5.89 Å². The van der Waals surface area contributed by atoms with Crippen LogP contribution in [0.2, 0.25) is 5.02 Å². The van der Waals surface area contributed by atoms with Crippen molar-refractivity contribution in [3.8, 4) is 23.0 Å². The minimum atomic E-state index is -0.114. The molecule has 0 aliphatic carbocycles. The third-order valence-electron chi connectivity index (χ3n) is 4.25. The average molecular weight is 472 g/mol. The lowest BCUT2D eigenvalue weighted by Gasteiger charge is -2.08. The highest BCUT2D eigenvalue weighted by molar-refractivity contribution is 9.10. The Morgan fingerprint density at radius 2 is 2.00 bits per heavy atom. The molecule has 0 spiro atoms. The normalized spacial score (nSPS) is 10.8. The van der Waals surface area contributed by atoms with Gasteiger partial charge in [0.15, 0.2) is 0 Å². The average Bonchev–Trinajstić information content (AvgIpc) is 3.36. The molecule has 0 radical (unpaired) electrons. The maximum absolute atomic E-state index is 12.4. The van der Waals surface area contributed by atoms with Gasteiger partial charge in [-0.05, 0) is 42.0 Å². The van der Waals surface area contributed by atoms with Crippen LogP contribution in [0.5, 0.6) is 0 Å². The van der Waals surface area contributed by atoms with E-state index in [0.717, 1.165) is 15.6 Å². The first-order valence-electron chi connectivity index (χ1n) is 8.85. The summed E-state index contributed by atoms with van der Waals surface area (Å²) in [5, 5.41) is 7.54. The summed E-state index contributed by atoms with van der Waals surface area (Å²) in [6.45, 7) is 0.597. The van der Waals surface area contributed by atoms with Crippen LogP contribution in [-0.2, 0) is 17.9 Å². The van der Waals surface area contributed by atoms with Crippen molar-refractivity contribution in [1.29, 1.82) is 0 Å². The summed E-state index contributed by atoms with van der Waals surface area (Å²) in [4.78, 5) is 16.8. The van der Waals surface area contributed by atoms with Gasteiger partial charge in [-0.15, -0.1) is 0 Å². The van der Waals surface area contributed by atoms with Crippen LogP contribution < -0.4 is 5.32 Å². The van der Waals surface area contributed by atoms with Gasteiger partial charge in [-0.2, -0.15) is 4.98 Å². The van der Waals surface area contributed by atoms with Crippen LogP contribution in [0.3, 0.4) is 0 Å². The van der Waals surface area contributed by atoms with Crippen LogP contribution in [0.1, 0.15) is 5.56 Å². The zero-order valence-corrected chi connectivity index (χ0v) is 17.5. The summed E-state index contributed by atoms with van der Waals surface area (Å²) in [5.74, 6) is 0.663. The van der Waals surface area contributed by atoms with Crippen molar-refractivity contribution < 1.29 is 9.32 Å². The van der Waals surface area contributed by atoms with Gasteiger partial charge in [0.05, 0.1) is 0 Å². The van der Waals surface area contributed by atoms with E-state index in [0.29, 0.717) is 29.0 Å². The second-order valence-electron chi connectivity index (χ2n) is 6.36. The maximum Gasteiger partial charge on any atom is 0.274 e. The standard InChI is InChI=1S/C21H16BrClN4O2/c22-16-6-1-4-14(10-16)12-24-19(28)13-27-9-3-8-18(27)21-25-20(26-29-21)15-5-2-7-17(23)11-15/h1-11H,12-13H2,(H,24,28). The molecular weight excluding hydrogens is 456 g/mol. The third-order valence-corrected chi connectivity index (χ3v) is 4.98. The molecule has 1 N–H and O–H groups in total. The molecule has 4 rings (SSSR count). The van der Waals surface area contributed by atoms with Crippen LogP contribution in [0, 0.1) is 0 Å². The summed E-state index contributed by atoms with van der Waals surface area (Å²) in [6.07, 6.45) is 1.80. The van der Waals surface area contributed by atoms with Gasteiger partial charge in [-0.25, -0.2) is 0 Å². The Morgan fingerprint density at radius 1 is 1.14 bits per heavy atom. The van der Waals surface area contributed by atoms with Gasteiger partial charge in [0.2, 0.25) is 11.7 Å². The van der Waals surface area contributed by atoms with Crippen LogP contribution in [-0.4, -0.2) is 20.6 Å². The Kier molecular flexibility index (Phi) is 5.78. The van der Waals surface area contributed by atoms with Crippen molar-refractivity contribution in [3.05, 3.63) is 81.9 Å². The Labute approximate surface area is 180 Å². The van der Waals surface area contributed by atoms with Gasteiger partial charge in [-0.3, -0.25) is 4.79 Å². The number of hydrogen-bond donors (Lipinski definition) is 1. The highest BCUT2D eigenvalue weighted by atomic mass is 79.9. The Balaban J connectivity index is 1.45. The number of carbonyl (C=O) groups is 1. The van der Waals surface area contributed by atoms with E-state index < -0.39 is 0 Å². The van der Waals surface area contributed by atoms with Crippen LogP contribution in [0.4, 0.5) is 0 Å². The van der Waals surface area contributed by atoms with Crippen molar-refractivity contribution in [2.24, 2.45) is 0 Å². The molecule has 0 saturated heterocycles. The molecule has 2 aromatic carbocycles. The van der Waals surface area contributed by atoms with Gasteiger partial charge in [0, 0.05) is 27.8 Å². The topological polar surface area (TPSA) is 73.0 Å². The lowest BCUT2D eigenvalue weighted by atomic mass is 10.2. The summed E-state index contributed by atoms with van der Waals surface area (Å²) in [7, 11) is 0. The molecule has 0 atom stereocenters. The van der Waals surface area contributed by atoms with Crippen LogP contribution >= 0.6 is 27.5 Å². The number of hydrogen-bond acceptors (Lipinski definition) is 4. The predicted octanol–water partition coefficient (Wildman–Crippen LogP) is 4.94. The van der Waals surface area contributed by atoms with Crippen LogP contribution in [0.15, 0.2) is 75.9 Å². The molecule has 0 aliphatic rings. The molecular formula is C21H16BrClN4O2. The zero-order chi connectivity index (χ0) is 20.2. The minimum absolute atomic E-state index is 0.114. The van der Waals surface area contributed by atoms with E-state index in [1.54, 1.807) is 22.9 Å². The van der Waals surface area contributed by atoms with Crippen molar-refractivity contribution in [3.63, 3.8) is 0 Å². The third kappa shape index (κ3) is 4.75. The van der Waals surface area contributed by atoms with E-state index in [1.165, 1.54) is 0 Å². The van der Waals surface area contributed by atoms with Gasteiger partial charge in [0.1, 0.15) is 12.2 Å². The van der Waals surface area contributed by atoms with E-state index in [9.17, 15) is 4.79 Å². The summed E-state index contributed by atoms with van der Waals surface area (Å²) in [6, 6.07) is 18.7. The summed E-state index contributed by atoms with van der Waals surface area (Å²) < 4.78 is 8.15. The second kappa shape index (κ2) is 8.63. The number of halogens is 2. The van der Waals surface area contributed by atoms with E-state index >= 15 is 0 Å². The number of nitrogens with zero attached hydrogens (tertiary/aromatic N) is 3. The first-order valence-corrected chi connectivity index (χ1v) is 10.0. The Hall–Kier alpha value is -2.90. The lowest BCUT2D eigenvalue weighted by molar-refractivity contribution is -0.121. The molecule has 2 aromatic heterocycles. The molecule has 0 unspecified atom stereocenters. The molecule has 146 valence electrons. The molecule has 29 heavy (non-hydrogen) atoms. The van der Waals surface area contributed by atoms with Crippen molar-refractivity contribution in [1.82, 2.24) is 20.0 Å². The molecule has 0 fully saturated rings. The Morgan fingerprint density at radius 3 is 2.83 bits per heavy atom. The number of rotatable bonds is 6. The highest BCUT2D eigenvalue weighted by Crippen LogP contribution is 2.24. The number of benzene rings is 2. The fourth-order valence-corrected chi connectivity index (χ4v) is 3.51. The molecule has 2 heterocycles. The van der Waals surface area contributed by atoms with Crippen molar-refractivity contribution >= 4 is 33.4 Å². The fourth-order valence-electron chi connectivity index (χ4n) is 2.88. The maximum atomic E-state index is 12.4. The first kappa shape index (κ1) is 19.4. The molecule has 1 amide bonds. The van der Waals surface area contributed by atoms with Crippen molar-refractivity contribution in [2.45, 2.75) is 13.1 Å². The molecule has 6 nitrogen and oxygen atoms in total. The minimum Gasteiger partial charge on any atom is -0.350 e. The number of amides is 1. The first-order chi connectivity index (χ1) is 14.1. The molecule has 4 aromatic rings. The summed E-state index contributed by atoms with van der Waals surface area (Å²) in [5.41, 5.74) is 2.45. The monoisotopic (exact) mass is 470 g/mol. The van der Waals surface area contributed by atoms with E-state index in [4.69, 9.17) is 16.1 Å². The summed E-state index contributed by atoms with van der Waals surface area (Å²) >= 11 is 9.46.